The molecule has 6 heteroatoms. The van der Waals surface area contributed by atoms with Gasteiger partial charge in [0, 0.05) is 56.4 Å². The van der Waals surface area contributed by atoms with Crippen LogP contribution in [0.15, 0.2) is 42.5 Å². The van der Waals surface area contributed by atoms with Gasteiger partial charge in [-0.1, -0.05) is 49.4 Å². The van der Waals surface area contributed by atoms with Crippen LogP contribution in [0.4, 0.5) is 0 Å². The van der Waals surface area contributed by atoms with Gasteiger partial charge >= 0.3 is 0 Å². The summed E-state index contributed by atoms with van der Waals surface area (Å²) in [5.41, 5.74) is 6.07. The van der Waals surface area contributed by atoms with E-state index in [1.54, 1.807) is 0 Å². The number of piperazine rings is 1. The van der Waals surface area contributed by atoms with Crippen LogP contribution in [0.25, 0.3) is 0 Å². The number of carbonyl (C=O) groups excluding carboxylic acids is 1. The molecule has 1 unspecified atom stereocenters. The fraction of sp³-hybridized carbons (Fsp3) is 0.567. The third-order valence-corrected chi connectivity index (χ3v) is 8.17. The van der Waals surface area contributed by atoms with Gasteiger partial charge in [-0.15, -0.1) is 0 Å². The van der Waals surface area contributed by atoms with Crippen molar-refractivity contribution < 1.29 is 9.63 Å². The first-order chi connectivity index (χ1) is 17.2. The van der Waals surface area contributed by atoms with Gasteiger partial charge < -0.3 is 9.74 Å². The molecule has 0 aromatic heterocycles. The minimum absolute atomic E-state index is 0.181. The van der Waals surface area contributed by atoms with E-state index in [0.717, 1.165) is 75.2 Å². The zero-order chi connectivity index (χ0) is 26.3. The predicted molar refractivity (Wildman–Crippen MR) is 148 cm³/mol. The number of piperidine rings is 1. The van der Waals surface area contributed by atoms with Crippen molar-refractivity contribution in [1.29, 1.82) is 0 Å². The van der Waals surface area contributed by atoms with E-state index < -0.39 is 0 Å². The molecule has 1 atom stereocenters. The van der Waals surface area contributed by atoms with Gasteiger partial charge in [-0.3, -0.25) is 14.6 Å². The second kappa shape index (κ2) is 12.8. The molecule has 2 saturated heterocycles. The molecule has 4 rings (SSSR count). The smallest absolute Gasteiger partial charge is 0.254 e. The number of carbonyl (C=O) groups is 1. The lowest BCUT2D eigenvalue weighted by Gasteiger charge is -2.51. The van der Waals surface area contributed by atoms with Gasteiger partial charge in [-0.2, -0.15) is 0 Å². The Kier molecular flexibility index (Phi) is 10.1. The van der Waals surface area contributed by atoms with E-state index in [0.29, 0.717) is 6.04 Å². The maximum Gasteiger partial charge on any atom is 0.254 e. The number of nitrogens with zero attached hydrogens (tertiary/aromatic N) is 3. The van der Waals surface area contributed by atoms with Crippen molar-refractivity contribution >= 4 is 5.91 Å². The standard InChI is InChI=1S/C29H41N3O.CH5NO/c1-6-25-10-12-26(13-11-25)21-31-18-19-32(20-24(31)4)29(5)14-16-30(17-15-29)28(33)27-22(2)8-7-9-23(27)3;1-3-2/h7-13,24H,6,14-21H2,1-5H3;2H2,1H3. The summed E-state index contributed by atoms with van der Waals surface area (Å²) in [6, 6.07) is 15.8. The highest BCUT2D eigenvalue weighted by Crippen LogP contribution is 2.32. The molecule has 2 aromatic carbocycles. The van der Waals surface area contributed by atoms with Crippen molar-refractivity contribution in [2.75, 3.05) is 39.8 Å². The van der Waals surface area contributed by atoms with Gasteiger partial charge in [-0.05, 0) is 69.2 Å². The maximum atomic E-state index is 13.2. The molecule has 2 N–H and O–H groups in total. The lowest BCUT2D eigenvalue weighted by molar-refractivity contribution is -0.0192. The average molecular weight is 495 g/mol. The second-order valence-electron chi connectivity index (χ2n) is 10.7. The number of aryl methyl sites for hydroxylation is 3. The van der Waals surface area contributed by atoms with E-state index in [1.165, 1.54) is 18.2 Å². The van der Waals surface area contributed by atoms with Gasteiger partial charge in [0.25, 0.3) is 5.91 Å². The van der Waals surface area contributed by atoms with Gasteiger partial charge in [-0.25, -0.2) is 5.90 Å². The van der Waals surface area contributed by atoms with Crippen LogP contribution in [0.3, 0.4) is 0 Å². The Balaban J connectivity index is 0.00000115. The Morgan fingerprint density at radius 2 is 1.56 bits per heavy atom. The van der Waals surface area contributed by atoms with Crippen LogP contribution < -0.4 is 5.90 Å². The molecule has 2 fully saturated rings. The highest BCUT2D eigenvalue weighted by Gasteiger charge is 2.40. The molecule has 2 aliphatic heterocycles. The van der Waals surface area contributed by atoms with Crippen LogP contribution in [0.5, 0.6) is 0 Å². The van der Waals surface area contributed by atoms with Crippen LogP contribution in [0.1, 0.15) is 66.2 Å². The van der Waals surface area contributed by atoms with E-state index >= 15 is 0 Å². The quantitative estimate of drug-likeness (QED) is 0.617. The highest BCUT2D eigenvalue weighted by atomic mass is 16.6. The average Bonchev–Trinajstić information content (AvgIpc) is 2.86. The minimum Gasteiger partial charge on any atom is -0.338 e. The Bertz CT molecular complexity index is 963. The number of hydrogen-bond donors (Lipinski definition) is 1. The second-order valence-corrected chi connectivity index (χ2v) is 10.7. The number of likely N-dealkylation sites (tertiary alicyclic amines) is 1. The number of benzene rings is 2. The summed E-state index contributed by atoms with van der Waals surface area (Å²) in [5, 5.41) is 0. The van der Waals surface area contributed by atoms with Crippen molar-refractivity contribution in [2.45, 2.75) is 72.0 Å². The molecular formula is C30H46N4O2. The van der Waals surface area contributed by atoms with Gasteiger partial charge in [0.2, 0.25) is 0 Å². The Morgan fingerprint density at radius 1 is 1.00 bits per heavy atom. The first kappa shape index (κ1) is 28.3. The third-order valence-electron chi connectivity index (χ3n) is 8.17. The molecule has 0 bridgehead atoms. The monoisotopic (exact) mass is 494 g/mol. The zero-order valence-electron chi connectivity index (χ0n) is 23.2. The first-order valence-electron chi connectivity index (χ1n) is 13.4. The summed E-state index contributed by atoms with van der Waals surface area (Å²) in [4.78, 5) is 24.4. The molecule has 198 valence electrons. The van der Waals surface area contributed by atoms with Crippen LogP contribution in [-0.4, -0.2) is 72.0 Å². The van der Waals surface area contributed by atoms with E-state index in [4.69, 9.17) is 0 Å². The highest BCUT2D eigenvalue weighted by molar-refractivity contribution is 5.97. The fourth-order valence-electron chi connectivity index (χ4n) is 5.65. The molecule has 0 aliphatic carbocycles. The van der Waals surface area contributed by atoms with Crippen molar-refractivity contribution in [2.24, 2.45) is 5.90 Å². The lowest BCUT2D eigenvalue weighted by Crippen LogP contribution is -2.61. The maximum absolute atomic E-state index is 13.2. The van der Waals surface area contributed by atoms with E-state index in [9.17, 15) is 4.79 Å². The van der Waals surface area contributed by atoms with E-state index in [-0.39, 0.29) is 11.4 Å². The van der Waals surface area contributed by atoms with Crippen LogP contribution in [0.2, 0.25) is 0 Å². The van der Waals surface area contributed by atoms with Crippen molar-refractivity contribution in [1.82, 2.24) is 14.7 Å². The SMILES string of the molecule is CCc1ccc(CN2CCN(C3(C)CCN(C(=O)c4c(C)cccc4C)CC3)CC2C)cc1.CON. The number of hydrogen-bond acceptors (Lipinski definition) is 5. The normalized spacial score (nSPS) is 20.5. The molecule has 2 aromatic rings. The number of rotatable bonds is 5. The Labute approximate surface area is 218 Å². The van der Waals surface area contributed by atoms with Gasteiger partial charge in [0.1, 0.15) is 0 Å². The Morgan fingerprint density at radius 3 is 2.08 bits per heavy atom. The van der Waals surface area contributed by atoms with E-state index in [1.807, 2.05) is 32.0 Å². The van der Waals surface area contributed by atoms with Crippen molar-refractivity contribution in [3.8, 4) is 0 Å². The van der Waals surface area contributed by atoms with E-state index in [2.05, 4.69) is 70.5 Å². The van der Waals surface area contributed by atoms with Crippen LogP contribution in [0, 0.1) is 13.8 Å². The zero-order valence-corrected chi connectivity index (χ0v) is 23.2. The molecular weight excluding hydrogens is 448 g/mol. The van der Waals surface area contributed by atoms with Gasteiger partial charge in [0.05, 0.1) is 7.11 Å². The summed E-state index contributed by atoms with van der Waals surface area (Å²) in [6.45, 7) is 17.2. The summed E-state index contributed by atoms with van der Waals surface area (Å²) < 4.78 is 0. The molecule has 2 aliphatic rings. The summed E-state index contributed by atoms with van der Waals surface area (Å²) in [5.74, 6) is 4.56. The topological polar surface area (TPSA) is 62.0 Å². The minimum atomic E-state index is 0.181. The fourth-order valence-corrected chi connectivity index (χ4v) is 5.65. The largest absolute Gasteiger partial charge is 0.338 e. The number of amides is 1. The van der Waals surface area contributed by atoms with Crippen molar-refractivity contribution in [3.63, 3.8) is 0 Å². The molecule has 36 heavy (non-hydrogen) atoms. The molecule has 0 radical (unpaired) electrons. The summed E-state index contributed by atoms with van der Waals surface area (Å²) >= 11 is 0. The molecule has 0 spiro atoms. The lowest BCUT2D eigenvalue weighted by atomic mass is 9.86. The molecule has 1 amide bonds. The first-order valence-corrected chi connectivity index (χ1v) is 13.4. The molecule has 0 saturated carbocycles. The van der Waals surface area contributed by atoms with Crippen LogP contribution in [-0.2, 0) is 17.8 Å². The number of nitrogens with two attached hydrogens (primary N) is 1. The summed E-state index contributed by atoms with van der Waals surface area (Å²) in [7, 11) is 1.40. The molecule has 6 nitrogen and oxygen atoms in total. The molecule has 2 heterocycles. The van der Waals surface area contributed by atoms with Crippen LogP contribution >= 0.6 is 0 Å². The Hall–Kier alpha value is -2.25. The van der Waals surface area contributed by atoms with Gasteiger partial charge in [0.15, 0.2) is 0 Å². The van der Waals surface area contributed by atoms with Crippen molar-refractivity contribution in [3.05, 3.63) is 70.3 Å². The third kappa shape index (κ3) is 6.74. The predicted octanol–water partition coefficient (Wildman–Crippen LogP) is 4.57. The summed E-state index contributed by atoms with van der Waals surface area (Å²) in [6.07, 6.45) is 3.20.